The van der Waals surface area contributed by atoms with Gasteiger partial charge in [0.1, 0.15) is 12.1 Å². The first kappa shape index (κ1) is 21.4. The highest BCUT2D eigenvalue weighted by Crippen LogP contribution is 2.41. The summed E-state index contributed by atoms with van der Waals surface area (Å²) in [6, 6.07) is 15.5. The predicted octanol–water partition coefficient (Wildman–Crippen LogP) is 5.60. The number of aromatic nitrogens is 3. The molecule has 1 atom stereocenters. The number of hydrogen-bond donors (Lipinski definition) is 1. The van der Waals surface area contributed by atoms with E-state index in [1.807, 2.05) is 30.3 Å². The highest BCUT2D eigenvalue weighted by atomic mass is 35.5. The summed E-state index contributed by atoms with van der Waals surface area (Å²) in [5, 5.41) is 5.87. The van der Waals surface area contributed by atoms with Gasteiger partial charge >= 0.3 is 0 Å². The van der Waals surface area contributed by atoms with Crippen LogP contribution in [0.2, 0.25) is 10.0 Å². The lowest BCUT2D eigenvalue weighted by atomic mass is 10.1. The van der Waals surface area contributed by atoms with Crippen LogP contribution >= 0.6 is 23.2 Å². The van der Waals surface area contributed by atoms with Crippen molar-refractivity contribution >= 4 is 34.6 Å². The Bertz CT molecular complexity index is 1400. The van der Waals surface area contributed by atoms with E-state index in [-0.39, 0.29) is 6.04 Å². The molecule has 1 saturated carbocycles. The molecule has 0 unspecified atom stereocenters. The molecular weight excluding hydrogens is 473 g/mol. The van der Waals surface area contributed by atoms with Crippen molar-refractivity contribution in [3.8, 4) is 11.6 Å². The van der Waals surface area contributed by atoms with Crippen LogP contribution in [0.3, 0.4) is 0 Å². The van der Waals surface area contributed by atoms with Gasteiger partial charge in [0.15, 0.2) is 5.84 Å². The molecule has 0 amide bonds. The summed E-state index contributed by atoms with van der Waals surface area (Å²) in [6.07, 6.45) is 6.45. The van der Waals surface area contributed by atoms with E-state index in [1.165, 1.54) is 18.4 Å². The molecule has 2 aromatic heterocycles. The van der Waals surface area contributed by atoms with Crippen molar-refractivity contribution in [1.29, 1.82) is 0 Å². The van der Waals surface area contributed by atoms with Crippen LogP contribution in [0.1, 0.15) is 35.4 Å². The van der Waals surface area contributed by atoms with Crippen LogP contribution in [0.5, 0.6) is 11.6 Å². The summed E-state index contributed by atoms with van der Waals surface area (Å²) in [4.78, 5) is 14.8. The van der Waals surface area contributed by atoms with Gasteiger partial charge in [0.2, 0.25) is 5.88 Å². The molecule has 3 heterocycles. The second kappa shape index (κ2) is 8.91. The monoisotopic (exact) mass is 493 g/mol. The van der Waals surface area contributed by atoms with Gasteiger partial charge in [-0.05, 0) is 66.6 Å². The number of fused-ring (bicyclic) bond motifs is 1. The smallest absolute Gasteiger partial charge is 0.248 e. The molecule has 1 fully saturated rings. The first-order valence-electron chi connectivity index (χ1n) is 11.1. The normalized spacial score (nSPS) is 17.9. The Morgan fingerprint density at radius 2 is 2.03 bits per heavy atom. The zero-order chi connectivity index (χ0) is 23.1. The van der Waals surface area contributed by atoms with Crippen LogP contribution in [-0.4, -0.2) is 33.1 Å². The van der Waals surface area contributed by atoms with Gasteiger partial charge in [-0.1, -0.05) is 41.4 Å². The zero-order valence-electron chi connectivity index (χ0n) is 18.1. The Hall–Kier alpha value is -3.13. The summed E-state index contributed by atoms with van der Waals surface area (Å²) in [5.74, 6) is 2.33. The van der Waals surface area contributed by atoms with E-state index in [4.69, 9.17) is 37.8 Å². The number of rotatable bonds is 6. The zero-order valence-corrected chi connectivity index (χ0v) is 19.6. The lowest BCUT2D eigenvalue weighted by molar-refractivity contribution is 0.0623. The van der Waals surface area contributed by atoms with Crippen molar-refractivity contribution in [1.82, 2.24) is 20.1 Å². The predicted molar refractivity (Wildman–Crippen MR) is 131 cm³/mol. The van der Waals surface area contributed by atoms with Crippen LogP contribution in [0.25, 0.3) is 5.52 Å². The minimum Gasteiger partial charge on any atom is -0.437 e. The van der Waals surface area contributed by atoms with Crippen LogP contribution in [-0.2, 0) is 11.3 Å². The van der Waals surface area contributed by atoms with Crippen LogP contribution in [0.15, 0.2) is 66.0 Å². The maximum atomic E-state index is 6.38. The fourth-order valence-electron chi connectivity index (χ4n) is 4.07. The fraction of sp³-hybridized carbons (Fsp3) is 0.240. The topological polar surface area (TPSA) is 73.0 Å². The number of imidazole rings is 1. The van der Waals surface area contributed by atoms with Crippen LogP contribution < -0.4 is 10.2 Å². The third-order valence-corrected chi connectivity index (χ3v) is 6.56. The number of halogens is 2. The van der Waals surface area contributed by atoms with Gasteiger partial charge in [0.25, 0.3) is 0 Å². The third kappa shape index (κ3) is 4.46. The van der Waals surface area contributed by atoms with Crippen LogP contribution in [0, 0.1) is 0 Å². The maximum Gasteiger partial charge on any atom is 0.248 e. The number of ether oxygens (including phenoxy) is 1. The second-order valence-corrected chi connectivity index (χ2v) is 9.40. The number of hydroxylamine groups is 1. The summed E-state index contributed by atoms with van der Waals surface area (Å²) in [5.41, 5.74) is 6.71. The number of amidine groups is 1. The van der Waals surface area contributed by atoms with E-state index >= 15 is 0 Å². The lowest BCUT2D eigenvalue weighted by Gasteiger charge is -2.23. The lowest BCUT2D eigenvalue weighted by Crippen LogP contribution is -2.37. The van der Waals surface area contributed by atoms with E-state index in [9.17, 15) is 0 Å². The highest BCUT2D eigenvalue weighted by Gasteiger charge is 2.25. The Morgan fingerprint density at radius 1 is 1.12 bits per heavy atom. The van der Waals surface area contributed by atoms with Gasteiger partial charge in [-0.3, -0.25) is 9.83 Å². The Balaban J connectivity index is 1.34. The Kier molecular flexibility index (Phi) is 5.61. The first-order chi connectivity index (χ1) is 16.6. The van der Waals surface area contributed by atoms with Gasteiger partial charge in [0.05, 0.1) is 29.9 Å². The van der Waals surface area contributed by atoms with E-state index in [0.717, 1.165) is 16.8 Å². The largest absolute Gasteiger partial charge is 0.437 e. The summed E-state index contributed by atoms with van der Waals surface area (Å²) < 4.78 is 7.95. The van der Waals surface area contributed by atoms with Crippen molar-refractivity contribution in [3.05, 3.63) is 87.8 Å². The Labute approximate surface area is 206 Å². The molecule has 0 spiro atoms. The van der Waals surface area contributed by atoms with Gasteiger partial charge in [0, 0.05) is 10.0 Å². The molecule has 1 aliphatic carbocycles. The van der Waals surface area contributed by atoms with Crippen molar-refractivity contribution in [2.24, 2.45) is 4.99 Å². The van der Waals surface area contributed by atoms with E-state index in [0.29, 0.717) is 46.3 Å². The minimum atomic E-state index is -0.137. The number of benzene rings is 2. The maximum absolute atomic E-state index is 6.38. The molecule has 1 aliphatic heterocycles. The molecule has 1 N–H and O–H groups in total. The van der Waals surface area contributed by atoms with Gasteiger partial charge in [-0.25, -0.2) is 15.0 Å². The van der Waals surface area contributed by atoms with Crippen molar-refractivity contribution in [2.75, 3.05) is 6.61 Å². The average molecular weight is 494 g/mol. The van der Waals surface area contributed by atoms with E-state index < -0.39 is 0 Å². The number of nitrogens with one attached hydrogen (secondary N) is 1. The van der Waals surface area contributed by atoms with Crippen LogP contribution in [0.4, 0.5) is 0 Å². The fourth-order valence-corrected chi connectivity index (χ4v) is 4.56. The molecule has 2 aromatic carbocycles. The highest BCUT2D eigenvalue weighted by molar-refractivity contribution is 6.35. The average Bonchev–Trinajstić information content (AvgIpc) is 3.59. The van der Waals surface area contributed by atoms with Gasteiger partial charge in [-0.15, -0.1) is 5.10 Å². The number of nitrogens with zero attached hydrogens (tertiary/aromatic N) is 4. The molecule has 7 nitrogen and oxygen atoms in total. The molecule has 2 aliphatic rings. The first-order valence-corrected chi connectivity index (χ1v) is 11.9. The van der Waals surface area contributed by atoms with Gasteiger partial charge in [-0.2, -0.15) is 0 Å². The summed E-state index contributed by atoms with van der Waals surface area (Å²) >= 11 is 12.4. The molecule has 34 heavy (non-hydrogen) atoms. The molecule has 6 rings (SSSR count). The molecule has 0 saturated heterocycles. The third-order valence-electron chi connectivity index (χ3n) is 5.97. The Morgan fingerprint density at radius 3 is 2.88 bits per heavy atom. The standard InChI is InChI=1S/C25H21Cl2N5O2/c26-18-7-6-17(23(27)10-18)8-19-13-33-31-24(29-19)22-11-20-12-28-14-32(20)30-25(22)34-21-3-1-2-16(9-21)15-4-5-15/h1-3,6-7,9-12,14-15,19H,4-5,8,13H2,(H,29,31)/t19-/m1/s1. The van der Waals surface area contributed by atoms with E-state index in [1.54, 1.807) is 23.1 Å². The molecule has 0 bridgehead atoms. The molecular formula is C25H21Cl2N5O2. The quantitative estimate of drug-likeness (QED) is 0.378. The van der Waals surface area contributed by atoms with Crippen molar-refractivity contribution < 1.29 is 9.57 Å². The van der Waals surface area contributed by atoms with Gasteiger partial charge < -0.3 is 4.74 Å². The van der Waals surface area contributed by atoms with Crippen molar-refractivity contribution in [2.45, 2.75) is 31.2 Å². The second-order valence-electron chi connectivity index (χ2n) is 8.56. The van der Waals surface area contributed by atoms with E-state index in [2.05, 4.69) is 27.7 Å². The molecule has 4 aromatic rings. The molecule has 0 radical (unpaired) electrons. The molecule has 172 valence electrons. The number of aliphatic imine (C=N–C) groups is 1. The molecule has 9 heteroatoms. The van der Waals surface area contributed by atoms with Crippen molar-refractivity contribution in [3.63, 3.8) is 0 Å². The number of hydrogen-bond acceptors (Lipinski definition) is 6. The minimum absolute atomic E-state index is 0.137. The SMILES string of the molecule is Clc1ccc(C[C@@H]2CONC(c3cc4cncn4nc3Oc3cccc(C4CC4)c3)=N2)c(Cl)c1. The summed E-state index contributed by atoms with van der Waals surface area (Å²) in [6.45, 7) is 0.407. The summed E-state index contributed by atoms with van der Waals surface area (Å²) in [7, 11) is 0.